The van der Waals surface area contributed by atoms with E-state index in [1.165, 1.54) is 6.20 Å². The van der Waals surface area contributed by atoms with Gasteiger partial charge in [0, 0.05) is 44.2 Å². The first kappa shape index (κ1) is 17.2. The SMILES string of the molecule is COCc1ccc(C(=O)NC2CCCN(c3ncc[nH]c3=O)C2)cc1. The van der Waals surface area contributed by atoms with Crippen molar-refractivity contribution in [3.05, 3.63) is 58.1 Å². The molecule has 1 atom stereocenters. The van der Waals surface area contributed by atoms with Gasteiger partial charge in [-0.1, -0.05) is 12.1 Å². The normalized spacial score (nSPS) is 17.3. The molecule has 132 valence electrons. The maximum Gasteiger partial charge on any atom is 0.290 e. The molecule has 1 aromatic heterocycles. The van der Waals surface area contributed by atoms with Gasteiger partial charge in [0.05, 0.1) is 6.61 Å². The second-order valence-electron chi connectivity index (χ2n) is 6.13. The molecule has 3 rings (SSSR count). The summed E-state index contributed by atoms with van der Waals surface area (Å²) in [5.41, 5.74) is 1.44. The number of rotatable bonds is 5. The number of piperidine rings is 1. The van der Waals surface area contributed by atoms with Crippen LogP contribution in [0.2, 0.25) is 0 Å². The van der Waals surface area contributed by atoms with Crippen molar-refractivity contribution in [2.24, 2.45) is 0 Å². The van der Waals surface area contributed by atoms with E-state index in [1.54, 1.807) is 25.4 Å². The van der Waals surface area contributed by atoms with Crippen molar-refractivity contribution < 1.29 is 9.53 Å². The van der Waals surface area contributed by atoms with Gasteiger partial charge < -0.3 is 19.9 Å². The van der Waals surface area contributed by atoms with E-state index in [9.17, 15) is 9.59 Å². The van der Waals surface area contributed by atoms with Gasteiger partial charge in [0.15, 0.2) is 5.82 Å². The number of H-pyrrole nitrogens is 1. The van der Waals surface area contributed by atoms with Crippen molar-refractivity contribution in [1.29, 1.82) is 0 Å². The number of methoxy groups -OCH3 is 1. The molecule has 1 aromatic carbocycles. The lowest BCUT2D eigenvalue weighted by atomic mass is 10.0. The van der Waals surface area contributed by atoms with Crippen LogP contribution in [-0.2, 0) is 11.3 Å². The molecule has 0 saturated carbocycles. The van der Waals surface area contributed by atoms with Crippen molar-refractivity contribution in [3.8, 4) is 0 Å². The number of aromatic nitrogens is 2. The van der Waals surface area contributed by atoms with Crippen LogP contribution in [0.4, 0.5) is 5.82 Å². The minimum Gasteiger partial charge on any atom is -0.380 e. The van der Waals surface area contributed by atoms with Crippen LogP contribution in [0.25, 0.3) is 0 Å². The summed E-state index contributed by atoms with van der Waals surface area (Å²) in [7, 11) is 1.64. The average molecular weight is 342 g/mol. The van der Waals surface area contributed by atoms with E-state index >= 15 is 0 Å². The van der Waals surface area contributed by atoms with Crippen LogP contribution in [0.3, 0.4) is 0 Å². The number of nitrogens with zero attached hydrogens (tertiary/aromatic N) is 2. The van der Waals surface area contributed by atoms with Crippen LogP contribution in [0.5, 0.6) is 0 Å². The molecule has 1 aliphatic heterocycles. The van der Waals surface area contributed by atoms with Crippen LogP contribution < -0.4 is 15.8 Å². The Hall–Kier alpha value is -2.67. The summed E-state index contributed by atoms with van der Waals surface area (Å²) in [6, 6.07) is 7.36. The zero-order chi connectivity index (χ0) is 17.6. The van der Waals surface area contributed by atoms with Crippen LogP contribution in [0.15, 0.2) is 41.5 Å². The predicted octanol–water partition coefficient (Wildman–Crippen LogP) is 1.32. The molecule has 7 heteroatoms. The molecular weight excluding hydrogens is 320 g/mol. The highest BCUT2D eigenvalue weighted by atomic mass is 16.5. The molecule has 1 unspecified atom stereocenters. The number of benzene rings is 1. The third-order valence-electron chi connectivity index (χ3n) is 4.27. The largest absolute Gasteiger partial charge is 0.380 e. The predicted molar refractivity (Wildman–Crippen MR) is 94.7 cm³/mol. The minimum atomic E-state index is -0.205. The van der Waals surface area contributed by atoms with E-state index in [0.717, 1.165) is 24.9 Å². The van der Waals surface area contributed by atoms with E-state index in [4.69, 9.17) is 4.74 Å². The van der Waals surface area contributed by atoms with Crippen molar-refractivity contribution >= 4 is 11.7 Å². The third kappa shape index (κ3) is 4.24. The summed E-state index contributed by atoms with van der Waals surface area (Å²) in [4.78, 5) is 33.1. The van der Waals surface area contributed by atoms with E-state index in [-0.39, 0.29) is 17.5 Å². The number of aromatic amines is 1. The number of hydrogen-bond donors (Lipinski definition) is 2. The van der Waals surface area contributed by atoms with Crippen molar-refractivity contribution in [2.45, 2.75) is 25.5 Å². The molecule has 1 aliphatic rings. The van der Waals surface area contributed by atoms with Crippen LogP contribution in [-0.4, -0.2) is 42.1 Å². The molecule has 1 amide bonds. The van der Waals surface area contributed by atoms with Gasteiger partial charge in [-0.25, -0.2) is 4.98 Å². The molecule has 2 N–H and O–H groups in total. The molecule has 1 saturated heterocycles. The fraction of sp³-hybridized carbons (Fsp3) is 0.389. The fourth-order valence-corrected chi connectivity index (χ4v) is 3.04. The van der Waals surface area contributed by atoms with Crippen LogP contribution in [0, 0.1) is 0 Å². The van der Waals surface area contributed by atoms with Gasteiger partial charge in [0.1, 0.15) is 0 Å². The summed E-state index contributed by atoms with van der Waals surface area (Å²) in [5, 5.41) is 3.05. The molecule has 0 radical (unpaired) electrons. The molecule has 7 nitrogen and oxygen atoms in total. The Morgan fingerprint density at radius 1 is 1.40 bits per heavy atom. The highest BCUT2D eigenvalue weighted by molar-refractivity contribution is 5.94. The molecular formula is C18H22N4O3. The lowest BCUT2D eigenvalue weighted by molar-refractivity contribution is 0.0933. The summed E-state index contributed by atoms with van der Waals surface area (Å²) >= 11 is 0. The highest BCUT2D eigenvalue weighted by Crippen LogP contribution is 2.15. The third-order valence-corrected chi connectivity index (χ3v) is 4.27. The van der Waals surface area contributed by atoms with Gasteiger partial charge in [-0.3, -0.25) is 9.59 Å². The van der Waals surface area contributed by atoms with E-state index < -0.39 is 0 Å². The monoisotopic (exact) mass is 342 g/mol. The first-order valence-electron chi connectivity index (χ1n) is 8.35. The maximum absolute atomic E-state index is 12.4. The summed E-state index contributed by atoms with van der Waals surface area (Å²) in [5.74, 6) is 0.302. The van der Waals surface area contributed by atoms with Gasteiger partial charge in [0.2, 0.25) is 0 Å². The van der Waals surface area contributed by atoms with Crippen molar-refractivity contribution in [1.82, 2.24) is 15.3 Å². The summed E-state index contributed by atoms with van der Waals surface area (Å²) < 4.78 is 5.07. The number of carbonyl (C=O) groups excluding carboxylic acids is 1. The number of nitrogens with one attached hydrogen (secondary N) is 2. The number of ether oxygens (including phenoxy) is 1. The average Bonchev–Trinajstić information content (AvgIpc) is 2.63. The molecule has 0 aliphatic carbocycles. The Morgan fingerprint density at radius 2 is 2.20 bits per heavy atom. The Morgan fingerprint density at radius 3 is 2.92 bits per heavy atom. The number of hydrogen-bond acceptors (Lipinski definition) is 5. The van der Waals surface area contributed by atoms with E-state index in [0.29, 0.717) is 24.5 Å². The van der Waals surface area contributed by atoms with Crippen LogP contribution >= 0.6 is 0 Å². The topological polar surface area (TPSA) is 87.3 Å². The standard InChI is InChI=1S/C18H22N4O3/c1-25-12-13-4-6-14(7-5-13)17(23)21-15-3-2-10-22(11-15)16-18(24)20-9-8-19-16/h4-9,15H,2-3,10-12H2,1H3,(H,20,24)(H,21,23). The lowest BCUT2D eigenvalue weighted by Gasteiger charge is -2.33. The van der Waals surface area contributed by atoms with E-state index in [2.05, 4.69) is 15.3 Å². The zero-order valence-electron chi connectivity index (χ0n) is 14.2. The maximum atomic E-state index is 12.4. The molecule has 2 heterocycles. The smallest absolute Gasteiger partial charge is 0.290 e. The Kier molecular flexibility index (Phi) is 5.45. The van der Waals surface area contributed by atoms with Crippen molar-refractivity contribution in [2.75, 3.05) is 25.1 Å². The van der Waals surface area contributed by atoms with Gasteiger partial charge in [-0.15, -0.1) is 0 Å². The Balaban J connectivity index is 1.63. The summed E-state index contributed by atoms with van der Waals surface area (Å²) in [6.07, 6.45) is 4.87. The second-order valence-corrected chi connectivity index (χ2v) is 6.13. The molecule has 0 spiro atoms. The molecule has 1 fully saturated rings. The minimum absolute atomic E-state index is 0.0127. The Labute approximate surface area is 146 Å². The Bertz CT molecular complexity index is 772. The number of anilines is 1. The highest BCUT2D eigenvalue weighted by Gasteiger charge is 2.24. The quantitative estimate of drug-likeness (QED) is 0.856. The molecule has 25 heavy (non-hydrogen) atoms. The van der Waals surface area contributed by atoms with Gasteiger partial charge in [-0.05, 0) is 30.5 Å². The summed E-state index contributed by atoms with van der Waals surface area (Å²) in [6.45, 7) is 1.86. The van der Waals surface area contributed by atoms with Gasteiger partial charge in [0.25, 0.3) is 11.5 Å². The van der Waals surface area contributed by atoms with E-state index in [1.807, 2.05) is 17.0 Å². The number of carbonyl (C=O) groups is 1. The second kappa shape index (κ2) is 7.94. The fourth-order valence-electron chi connectivity index (χ4n) is 3.04. The van der Waals surface area contributed by atoms with Gasteiger partial charge >= 0.3 is 0 Å². The molecule has 0 bridgehead atoms. The first-order chi connectivity index (χ1) is 12.2. The van der Waals surface area contributed by atoms with Crippen molar-refractivity contribution in [3.63, 3.8) is 0 Å². The lowest BCUT2D eigenvalue weighted by Crippen LogP contribution is -2.49. The number of amides is 1. The zero-order valence-corrected chi connectivity index (χ0v) is 14.2. The van der Waals surface area contributed by atoms with Crippen LogP contribution in [0.1, 0.15) is 28.8 Å². The first-order valence-corrected chi connectivity index (χ1v) is 8.35. The molecule has 2 aromatic rings. The van der Waals surface area contributed by atoms with Gasteiger partial charge in [-0.2, -0.15) is 0 Å².